The fourth-order valence-corrected chi connectivity index (χ4v) is 3.78. The van der Waals surface area contributed by atoms with E-state index >= 15 is 0 Å². The molecule has 3 rings (SSSR count). The van der Waals surface area contributed by atoms with Gasteiger partial charge in [-0.15, -0.1) is 0 Å². The SMILES string of the molecule is Nc1nc2c(nc(SCCCC(=O)Nc3cccc(B(O)O)c3)n2CCO)c(=O)[nH]1. The predicted molar refractivity (Wildman–Crippen MR) is 115 cm³/mol. The van der Waals surface area contributed by atoms with Crippen LogP contribution in [0.1, 0.15) is 12.8 Å². The lowest BCUT2D eigenvalue weighted by molar-refractivity contribution is -0.116. The third kappa shape index (κ3) is 5.19. The molecule has 13 heteroatoms. The number of rotatable bonds is 9. The molecule has 2 aromatic heterocycles. The topological polar surface area (TPSA) is 179 Å². The minimum Gasteiger partial charge on any atom is -0.423 e. The van der Waals surface area contributed by atoms with Gasteiger partial charge in [-0.3, -0.25) is 14.6 Å². The second-order valence-corrected chi connectivity index (χ2v) is 7.45. The Labute approximate surface area is 175 Å². The molecule has 3 aromatic rings. The zero-order valence-corrected chi connectivity index (χ0v) is 16.7. The number of nitrogen functional groups attached to an aromatic ring is 1. The van der Waals surface area contributed by atoms with Gasteiger partial charge in [-0.1, -0.05) is 23.9 Å². The molecule has 0 bridgehead atoms. The van der Waals surface area contributed by atoms with Crippen LogP contribution in [0.4, 0.5) is 11.6 Å². The molecule has 0 saturated carbocycles. The number of thioether (sulfide) groups is 1. The third-order valence-corrected chi connectivity index (χ3v) is 5.22. The summed E-state index contributed by atoms with van der Waals surface area (Å²) in [5.41, 5.74) is 6.35. The molecule has 11 nitrogen and oxygen atoms in total. The van der Waals surface area contributed by atoms with Crippen LogP contribution in [0.25, 0.3) is 11.2 Å². The number of fused-ring (bicyclic) bond motifs is 1. The number of carbonyl (C=O) groups is 1. The first-order valence-electron chi connectivity index (χ1n) is 9.14. The maximum absolute atomic E-state index is 12.1. The van der Waals surface area contributed by atoms with Gasteiger partial charge in [-0.2, -0.15) is 4.98 Å². The summed E-state index contributed by atoms with van der Waals surface area (Å²) < 4.78 is 1.62. The molecule has 0 atom stereocenters. The predicted octanol–water partition coefficient (Wildman–Crippen LogP) is -1.12. The summed E-state index contributed by atoms with van der Waals surface area (Å²) in [6, 6.07) is 6.31. The Morgan fingerprint density at radius 2 is 2.13 bits per heavy atom. The van der Waals surface area contributed by atoms with E-state index in [-0.39, 0.29) is 42.4 Å². The maximum atomic E-state index is 12.1. The zero-order chi connectivity index (χ0) is 21.7. The number of H-pyrrole nitrogens is 1. The molecule has 0 aliphatic carbocycles. The minimum atomic E-state index is -1.60. The summed E-state index contributed by atoms with van der Waals surface area (Å²) >= 11 is 1.34. The average molecular weight is 432 g/mol. The smallest absolute Gasteiger partial charge is 0.423 e. The van der Waals surface area contributed by atoms with Gasteiger partial charge in [0.1, 0.15) is 0 Å². The summed E-state index contributed by atoms with van der Waals surface area (Å²) in [7, 11) is -1.60. The summed E-state index contributed by atoms with van der Waals surface area (Å²) in [6.07, 6.45) is 0.776. The van der Waals surface area contributed by atoms with Crippen molar-refractivity contribution in [2.24, 2.45) is 0 Å². The molecular formula is C17H21BN6O5S. The Kier molecular flexibility index (Phi) is 7.10. The number of aromatic nitrogens is 4. The van der Waals surface area contributed by atoms with Crippen LogP contribution >= 0.6 is 11.8 Å². The fourth-order valence-electron chi connectivity index (χ4n) is 2.82. The molecule has 0 spiro atoms. The van der Waals surface area contributed by atoms with Crippen LogP contribution < -0.4 is 22.1 Å². The molecule has 0 radical (unpaired) electrons. The Morgan fingerprint density at radius 1 is 1.33 bits per heavy atom. The highest BCUT2D eigenvalue weighted by atomic mass is 32.2. The van der Waals surface area contributed by atoms with Gasteiger partial charge >= 0.3 is 7.12 Å². The largest absolute Gasteiger partial charge is 0.488 e. The number of nitrogens with zero attached hydrogens (tertiary/aromatic N) is 3. The van der Waals surface area contributed by atoms with Crippen LogP contribution in [0.3, 0.4) is 0 Å². The fraction of sp³-hybridized carbons (Fsp3) is 0.294. The first-order chi connectivity index (χ1) is 14.4. The van der Waals surface area contributed by atoms with Gasteiger partial charge in [-0.25, -0.2) is 4.98 Å². The van der Waals surface area contributed by atoms with E-state index in [1.807, 2.05) is 0 Å². The molecule has 30 heavy (non-hydrogen) atoms. The van der Waals surface area contributed by atoms with E-state index in [0.717, 1.165) is 0 Å². The maximum Gasteiger partial charge on any atom is 0.488 e. The van der Waals surface area contributed by atoms with Crippen molar-refractivity contribution in [3.63, 3.8) is 0 Å². The van der Waals surface area contributed by atoms with E-state index < -0.39 is 12.7 Å². The van der Waals surface area contributed by atoms with Crippen LogP contribution in [-0.4, -0.2) is 60.1 Å². The lowest BCUT2D eigenvalue weighted by Gasteiger charge is -2.08. The van der Waals surface area contributed by atoms with Crippen molar-refractivity contribution in [2.45, 2.75) is 24.5 Å². The van der Waals surface area contributed by atoms with Gasteiger partial charge in [0.2, 0.25) is 11.9 Å². The van der Waals surface area contributed by atoms with Crippen molar-refractivity contribution < 1.29 is 19.9 Å². The number of aromatic amines is 1. The van der Waals surface area contributed by atoms with Gasteiger partial charge in [0.25, 0.3) is 5.56 Å². The van der Waals surface area contributed by atoms with E-state index in [1.54, 1.807) is 22.8 Å². The van der Waals surface area contributed by atoms with Crippen LogP contribution in [0.15, 0.2) is 34.2 Å². The second kappa shape index (κ2) is 9.76. The van der Waals surface area contributed by atoms with Gasteiger partial charge in [0.15, 0.2) is 16.3 Å². The highest BCUT2D eigenvalue weighted by molar-refractivity contribution is 7.99. The number of anilines is 2. The highest BCUT2D eigenvalue weighted by Gasteiger charge is 2.16. The normalized spacial score (nSPS) is 11.0. The summed E-state index contributed by atoms with van der Waals surface area (Å²) in [5.74, 6) is 0.304. The molecule has 0 aliphatic heterocycles. The zero-order valence-electron chi connectivity index (χ0n) is 15.9. The van der Waals surface area contributed by atoms with Crippen molar-refractivity contribution in [3.8, 4) is 0 Å². The highest BCUT2D eigenvalue weighted by Crippen LogP contribution is 2.22. The van der Waals surface area contributed by atoms with Crippen molar-refractivity contribution in [1.29, 1.82) is 0 Å². The summed E-state index contributed by atoms with van der Waals surface area (Å²) in [5, 5.41) is 30.9. The second-order valence-electron chi connectivity index (χ2n) is 6.39. The number of nitrogens with two attached hydrogens (primary N) is 1. The molecule has 158 valence electrons. The molecule has 0 unspecified atom stereocenters. The third-order valence-electron chi connectivity index (χ3n) is 4.16. The van der Waals surface area contributed by atoms with Gasteiger partial charge in [0.05, 0.1) is 6.61 Å². The molecule has 7 N–H and O–H groups in total. The van der Waals surface area contributed by atoms with Crippen molar-refractivity contribution in [3.05, 3.63) is 34.6 Å². The molecule has 2 heterocycles. The molecular weight excluding hydrogens is 411 g/mol. The standard InChI is InChI=1S/C17H21BN6O5S/c19-16-22-14-13(15(27)23-16)21-17(24(14)6-7-25)30-8-2-5-12(26)20-11-4-1-3-10(9-11)18(28)29/h1,3-4,9,25,28-29H,2,5-8H2,(H,20,26)(H3,19,22,23,27). The van der Waals surface area contributed by atoms with Gasteiger partial charge in [-0.05, 0) is 24.0 Å². The van der Waals surface area contributed by atoms with E-state index in [9.17, 15) is 24.7 Å². The number of hydrogen-bond acceptors (Lipinski definition) is 9. The molecule has 1 aromatic carbocycles. The van der Waals surface area contributed by atoms with Crippen LogP contribution in [0, 0.1) is 0 Å². The van der Waals surface area contributed by atoms with E-state index in [1.165, 1.54) is 17.8 Å². The van der Waals surface area contributed by atoms with Crippen LogP contribution in [0.5, 0.6) is 0 Å². The number of amides is 1. The Bertz CT molecular complexity index is 1100. The quantitative estimate of drug-likeness (QED) is 0.139. The minimum absolute atomic E-state index is 0.0300. The van der Waals surface area contributed by atoms with E-state index in [0.29, 0.717) is 28.7 Å². The first kappa shape index (κ1) is 21.8. The average Bonchev–Trinajstić information content (AvgIpc) is 3.04. The number of aliphatic hydroxyl groups excluding tert-OH is 1. The molecule has 1 amide bonds. The number of aliphatic hydroxyl groups is 1. The Balaban J connectivity index is 1.59. The lowest BCUT2D eigenvalue weighted by atomic mass is 9.80. The van der Waals surface area contributed by atoms with Gasteiger partial charge < -0.3 is 30.8 Å². The first-order valence-corrected chi connectivity index (χ1v) is 10.1. The number of carbonyl (C=O) groups excluding carboxylic acids is 1. The number of hydrogen-bond donors (Lipinski definition) is 6. The molecule has 0 saturated heterocycles. The lowest BCUT2D eigenvalue weighted by Crippen LogP contribution is -2.30. The monoisotopic (exact) mass is 432 g/mol. The Morgan fingerprint density at radius 3 is 2.87 bits per heavy atom. The van der Waals surface area contributed by atoms with E-state index in [4.69, 9.17) is 5.73 Å². The molecule has 0 fully saturated rings. The Hall–Kier alpha value is -2.87. The number of benzene rings is 1. The summed E-state index contributed by atoms with van der Waals surface area (Å²) in [6.45, 7) is 0.0552. The van der Waals surface area contributed by atoms with Crippen molar-refractivity contribution in [1.82, 2.24) is 19.5 Å². The van der Waals surface area contributed by atoms with Crippen LogP contribution in [0.2, 0.25) is 0 Å². The van der Waals surface area contributed by atoms with Crippen LogP contribution in [-0.2, 0) is 11.3 Å². The van der Waals surface area contributed by atoms with Crippen molar-refractivity contribution in [2.75, 3.05) is 23.4 Å². The number of nitrogens with one attached hydrogen (secondary N) is 2. The van der Waals surface area contributed by atoms with Crippen molar-refractivity contribution >= 4 is 53.0 Å². The van der Waals surface area contributed by atoms with Gasteiger partial charge in [0, 0.05) is 24.4 Å². The molecule has 0 aliphatic rings. The number of imidazole rings is 1. The van der Waals surface area contributed by atoms with E-state index in [2.05, 4.69) is 20.3 Å². The summed E-state index contributed by atoms with van der Waals surface area (Å²) in [4.78, 5) is 34.9.